The fraction of sp³-hybridized carbons (Fsp3) is 0.188. The number of nitrogens with zero attached hydrogens (tertiary/aromatic N) is 3. The summed E-state index contributed by atoms with van der Waals surface area (Å²) in [5, 5.41) is 4.40. The second kappa shape index (κ2) is 4.84. The molecular formula is C16H16N6. The molecule has 4 rings (SSSR count). The lowest BCUT2D eigenvalue weighted by atomic mass is 10.3. The minimum absolute atomic E-state index is 0.0145. The van der Waals surface area contributed by atoms with Crippen LogP contribution in [-0.4, -0.2) is 24.9 Å². The smallest absolute Gasteiger partial charge is 0.143 e. The third kappa shape index (κ3) is 2.09. The Kier molecular flexibility index (Phi) is 2.82. The number of hydrogen-bond donors (Lipinski definition) is 3. The monoisotopic (exact) mass is 292 g/mol. The average Bonchev–Trinajstić information content (AvgIpc) is 3.10. The zero-order chi connectivity index (χ0) is 15.1. The number of aryl methyl sites for hydroxylation is 1. The Balaban J connectivity index is 1.69. The summed E-state index contributed by atoms with van der Waals surface area (Å²) in [4.78, 5) is 19.8. The number of hydrogen-bond acceptors (Lipinski definition) is 4. The molecular weight excluding hydrogens is 276 g/mol. The van der Waals surface area contributed by atoms with Crippen LogP contribution in [0.25, 0.3) is 22.1 Å². The molecule has 0 saturated heterocycles. The Labute approximate surface area is 127 Å². The molecule has 0 fully saturated rings. The number of anilines is 1. The largest absolute Gasteiger partial charge is 0.360 e. The van der Waals surface area contributed by atoms with E-state index >= 15 is 0 Å². The lowest BCUT2D eigenvalue weighted by Crippen LogP contribution is -2.09. The van der Waals surface area contributed by atoms with Crippen molar-refractivity contribution in [3.05, 3.63) is 48.2 Å². The van der Waals surface area contributed by atoms with Crippen molar-refractivity contribution in [1.82, 2.24) is 24.9 Å². The van der Waals surface area contributed by atoms with Gasteiger partial charge in [-0.3, -0.25) is 0 Å². The first-order valence-corrected chi connectivity index (χ1v) is 7.22. The van der Waals surface area contributed by atoms with Gasteiger partial charge in [-0.2, -0.15) is 0 Å². The van der Waals surface area contributed by atoms with E-state index in [9.17, 15) is 0 Å². The predicted molar refractivity (Wildman–Crippen MR) is 86.8 cm³/mol. The Morgan fingerprint density at radius 3 is 2.86 bits per heavy atom. The summed E-state index contributed by atoms with van der Waals surface area (Å²) in [5.74, 6) is 1.70. The highest BCUT2D eigenvalue weighted by Crippen LogP contribution is 2.24. The standard InChI is InChI=1S/C16H16N6/c1-9-7-11-15(19-9)17-8-18-16(11)20-10(2)14-21-12-5-3-4-6-13(12)22-14/h3-8,10H,1-2H3,(H,21,22)(H2,17,18,19,20). The predicted octanol–water partition coefficient (Wildman–Crippen LogP) is 3.32. The molecule has 0 amide bonds. The summed E-state index contributed by atoms with van der Waals surface area (Å²) in [7, 11) is 0. The van der Waals surface area contributed by atoms with E-state index < -0.39 is 0 Å². The molecule has 0 bridgehead atoms. The normalized spacial score (nSPS) is 12.8. The van der Waals surface area contributed by atoms with Crippen LogP contribution in [0.3, 0.4) is 0 Å². The molecule has 6 nitrogen and oxygen atoms in total. The number of aromatic nitrogens is 5. The van der Waals surface area contributed by atoms with Gasteiger partial charge in [0.05, 0.1) is 22.5 Å². The van der Waals surface area contributed by atoms with Crippen LogP contribution in [0.4, 0.5) is 5.82 Å². The number of para-hydroxylation sites is 2. The van der Waals surface area contributed by atoms with E-state index in [1.54, 1.807) is 6.33 Å². The van der Waals surface area contributed by atoms with E-state index in [0.29, 0.717) is 0 Å². The van der Waals surface area contributed by atoms with Crippen LogP contribution in [0.5, 0.6) is 0 Å². The number of nitrogens with one attached hydrogen (secondary N) is 3. The second-order valence-corrected chi connectivity index (χ2v) is 5.44. The van der Waals surface area contributed by atoms with Crippen molar-refractivity contribution in [2.75, 3.05) is 5.32 Å². The average molecular weight is 292 g/mol. The number of aromatic amines is 2. The van der Waals surface area contributed by atoms with Crippen LogP contribution in [0.1, 0.15) is 24.5 Å². The van der Waals surface area contributed by atoms with Gasteiger partial charge >= 0.3 is 0 Å². The summed E-state index contributed by atoms with van der Waals surface area (Å²) < 4.78 is 0. The lowest BCUT2D eigenvalue weighted by Gasteiger charge is -2.12. The second-order valence-electron chi connectivity index (χ2n) is 5.44. The van der Waals surface area contributed by atoms with Crippen LogP contribution in [0, 0.1) is 6.92 Å². The fourth-order valence-corrected chi connectivity index (χ4v) is 2.64. The summed E-state index contributed by atoms with van der Waals surface area (Å²) in [6.45, 7) is 4.07. The molecule has 1 aromatic carbocycles. The molecule has 4 aromatic rings. The molecule has 3 heterocycles. The first-order valence-electron chi connectivity index (χ1n) is 7.22. The molecule has 0 saturated carbocycles. The van der Waals surface area contributed by atoms with Crippen molar-refractivity contribution in [1.29, 1.82) is 0 Å². The van der Waals surface area contributed by atoms with Gasteiger partial charge < -0.3 is 15.3 Å². The molecule has 1 atom stereocenters. The van der Waals surface area contributed by atoms with Gasteiger partial charge in [0.2, 0.25) is 0 Å². The third-order valence-corrected chi connectivity index (χ3v) is 3.73. The highest BCUT2D eigenvalue weighted by molar-refractivity contribution is 5.87. The molecule has 0 spiro atoms. The highest BCUT2D eigenvalue weighted by Gasteiger charge is 2.13. The minimum atomic E-state index is 0.0145. The first-order chi connectivity index (χ1) is 10.7. The van der Waals surface area contributed by atoms with Crippen molar-refractivity contribution >= 4 is 27.9 Å². The number of imidazole rings is 1. The van der Waals surface area contributed by atoms with Gasteiger partial charge in [0.1, 0.15) is 23.6 Å². The zero-order valence-electron chi connectivity index (χ0n) is 12.4. The number of benzene rings is 1. The van der Waals surface area contributed by atoms with E-state index in [0.717, 1.165) is 39.4 Å². The maximum atomic E-state index is 4.62. The van der Waals surface area contributed by atoms with E-state index in [1.165, 1.54) is 0 Å². The van der Waals surface area contributed by atoms with Crippen molar-refractivity contribution in [3.8, 4) is 0 Å². The summed E-state index contributed by atoms with van der Waals surface area (Å²) >= 11 is 0. The van der Waals surface area contributed by atoms with Crippen molar-refractivity contribution < 1.29 is 0 Å². The summed E-state index contributed by atoms with van der Waals surface area (Å²) in [5.41, 5.74) is 3.91. The van der Waals surface area contributed by atoms with Gasteiger partial charge in [0, 0.05) is 5.69 Å². The first kappa shape index (κ1) is 12.8. The van der Waals surface area contributed by atoms with E-state index in [1.807, 2.05) is 37.3 Å². The van der Waals surface area contributed by atoms with Gasteiger partial charge in [-0.15, -0.1) is 0 Å². The molecule has 6 heteroatoms. The number of fused-ring (bicyclic) bond motifs is 2. The van der Waals surface area contributed by atoms with Crippen molar-refractivity contribution in [3.63, 3.8) is 0 Å². The van der Waals surface area contributed by atoms with Gasteiger partial charge in [0.15, 0.2) is 0 Å². The zero-order valence-corrected chi connectivity index (χ0v) is 12.4. The lowest BCUT2D eigenvalue weighted by molar-refractivity contribution is 0.810. The van der Waals surface area contributed by atoms with Crippen LogP contribution in [0.2, 0.25) is 0 Å². The van der Waals surface area contributed by atoms with Crippen LogP contribution >= 0.6 is 0 Å². The summed E-state index contributed by atoms with van der Waals surface area (Å²) in [6.07, 6.45) is 1.56. The van der Waals surface area contributed by atoms with Gasteiger partial charge in [-0.05, 0) is 32.0 Å². The molecule has 3 N–H and O–H groups in total. The van der Waals surface area contributed by atoms with E-state index in [4.69, 9.17) is 0 Å². The number of H-pyrrole nitrogens is 2. The van der Waals surface area contributed by atoms with E-state index in [-0.39, 0.29) is 6.04 Å². The molecule has 0 radical (unpaired) electrons. The quantitative estimate of drug-likeness (QED) is 0.541. The third-order valence-electron chi connectivity index (χ3n) is 3.73. The van der Waals surface area contributed by atoms with Gasteiger partial charge in [-0.1, -0.05) is 12.1 Å². The number of rotatable bonds is 3. The topological polar surface area (TPSA) is 82.3 Å². The fourth-order valence-electron chi connectivity index (χ4n) is 2.64. The van der Waals surface area contributed by atoms with Gasteiger partial charge in [0.25, 0.3) is 0 Å². The van der Waals surface area contributed by atoms with Crippen molar-refractivity contribution in [2.24, 2.45) is 0 Å². The molecule has 0 aliphatic carbocycles. The Morgan fingerprint density at radius 2 is 2.00 bits per heavy atom. The summed E-state index contributed by atoms with van der Waals surface area (Å²) in [6, 6.07) is 10.1. The van der Waals surface area contributed by atoms with Crippen LogP contribution in [-0.2, 0) is 0 Å². The van der Waals surface area contributed by atoms with Gasteiger partial charge in [-0.25, -0.2) is 15.0 Å². The molecule has 0 aliphatic rings. The Morgan fingerprint density at radius 1 is 1.14 bits per heavy atom. The molecule has 22 heavy (non-hydrogen) atoms. The molecule has 0 aliphatic heterocycles. The molecule has 1 unspecified atom stereocenters. The maximum Gasteiger partial charge on any atom is 0.143 e. The molecule has 110 valence electrons. The Bertz CT molecular complexity index is 919. The Hall–Kier alpha value is -2.89. The van der Waals surface area contributed by atoms with Crippen LogP contribution in [0.15, 0.2) is 36.7 Å². The maximum absolute atomic E-state index is 4.62. The minimum Gasteiger partial charge on any atom is -0.360 e. The highest BCUT2D eigenvalue weighted by atomic mass is 15.1. The molecule has 3 aromatic heterocycles. The SMILES string of the molecule is Cc1cc2c(NC(C)c3nc4ccccc4[nH]3)ncnc2[nH]1. The van der Waals surface area contributed by atoms with E-state index in [2.05, 4.69) is 37.2 Å². The van der Waals surface area contributed by atoms with Crippen LogP contribution < -0.4 is 5.32 Å². The van der Waals surface area contributed by atoms with Crippen molar-refractivity contribution in [2.45, 2.75) is 19.9 Å².